The van der Waals surface area contributed by atoms with Gasteiger partial charge in [0, 0.05) is 25.5 Å². The molecule has 3 aromatic rings. The molecule has 2 aromatic carbocycles. The van der Waals surface area contributed by atoms with Gasteiger partial charge in [0.05, 0.1) is 12.0 Å². The van der Waals surface area contributed by atoms with Crippen molar-refractivity contribution in [3.05, 3.63) is 65.0 Å². The number of anilines is 1. The van der Waals surface area contributed by atoms with Crippen LogP contribution in [0.4, 0.5) is 5.88 Å². The number of aromatic nitrogens is 1. The highest BCUT2D eigenvalue weighted by molar-refractivity contribution is 7.91. The minimum atomic E-state index is -3.84. The smallest absolute Gasteiger partial charge is 0.235 e. The quantitative estimate of drug-likeness (QED) is 0.619. The third kappa shape index (κ3) is 4.09. The first-order valence-corrected chi connectivity index (χ1v) is 9.98. The molecule has 0 aliphatic carbocycles. The molecule has 0 aliphatic rings. The molecule has 0 unspecified atom stereocenters. The molecule has 0 aliphatic heterocycles. The van der Waals surface area contributed by atoms with Crippen LogP contribution in [-0.4, -0.2) is 34.6 Å². The number of oxazole rings is 1. The number of benzene rings is 2. The molecule has 27 heavy (non-hydrogen) atoms. The van der Waals surface area contributed by atoms with Crippen molar-refractivity contribution < 1.29 is 17.6 Å². The minimum Gasteiger partial charge on any atom is -0.497 e. The van der Waals surface area contributed by atoms with Crippen LogP contribution in [0.2, 0.25) is 5.02 Å². The summed E-state index contributed by atoms with van der Waals surface area (Å²) >= 11 is 5.86. The van der Waals surface area contributed by atoms with Crippen molar-refractivity contribution in [3.8, 4) is 5.75 Å². The molecule has 3 rings (SSSR count). The predicted octanol–water partition coefficient (Wildman–Crippen LogP) is 3.83. The third-order valence-corrected chi connectivity index (χ3v) is 5.84. The van der Waals surface area contributed by atoms with Crippen LogP contribution < -0.4 is 9.64 Å². The monoisotopic (exact) mass is 406 g/mol. The van der Waals surface area contributed by atoms with Crippen LogP contribution in [-0.2, 0) is 16.3 Å². The van der Waals surface area contributed by atoms with Crippen LogP contribution in [0.3, 0.4) is 0 Å². The average molecular weight is 407 g/mol. The molecule has 0 spiro atoms. The summed E-state index contributed by atoms with van der Waals surface area (Å²) in [6.07, 6.45) is 0.362. The van der Waals surface area contributed by atoms with E-state index in [0.29, 0.717) is 17.3 Å². The molecular weight excluding hydrogens is 388 g/mol. The largest absolute Gasteiger partial charge is 0.497 e. The Kier molecular flexibility index (Phi) is 5.43. The lowest BCUT2D eigenvalue weighted by atomic mass is 10.1. The summed E-state index contributed by atoms with van der Waals surface area (Å²) in [6.45, 7) is 0. The topological polar surface area (TPSA) is 72.6 Å². The van der Waals surface area contributed by atoms with E-state index in [1.807, 2.05) is 24.3 Å². The Bertz CT molecular complexity index is 1030. The van der Waals surface area contributed by atoms with Gasteiger partial charge in [-0.25, -0.2) is 8.42 Å². The van der Waals surface area contributed by atoms with E-state index in [-0.39, 0.29) is 15.8 Å². The molecule has 0 radical (unpaired) electrons. The Morgan fingerprint density at radius 3 is 2.26 bits per heavy atom. The Hall–Kier alpha value is -2.51. The molecule has 0 atom stereocenters. The summed E-state index contributed by atoms with van der Waals surface area (Å²) in [5.41, 5.74) is 0.929. The highest BCUT2D eigenvalue weighted by Gasteiger charge is 2.29. The van der Waals surface area contributed by atoms with Crippen molar-refractivity contribution >= 4 is 27.3 Å². The predicted molar refractivity (Wildman–Crippen MR) is 104 cm³/mol. The summed E-state index contributed by atoms with van der Waals surface area (Å²) < 4.78 is 36.9. The molecule has 0 saturated heterocycles. The summed E-state index contributed by atoms with van der Waals surface area (Å²) in [5.74, 6) is 1.25. The fourth-order valence-corrected chi connectivity index (χ4v) is 4.04. The number of hydrogen-bond donors (Lipinski definition) is 0. The maximum atomic E-state index is 13.0. The lowest BCUT2D eigenvalue weighted by Crippen LogP contribution is -2.13. The number of nitrogens with zero attached hydrogens (tertiary/aromatic N) is 2. The Morgan fingerprint density at radius 2 is 1.70 bits per heavy atom. The van der Waals surface area contributed by atoms with Crippen molar-refractivity contribution in [1.82, 2.24) is 4.98 Å². The van der Waals surface area contributed by atoms with Crippen LogP contribution in [0.15, 0.2) is 62.9 Å². The molecule has 0 fully saturated rings. The average Bonchev–Trinajstić information content (AvgIpc) is 3.08. The van der Waals surface area contributed by atoms with Crippen molar-refractivity contribution in [2.75, 3.05) is 26.1 Å². The van der Waals surface area contributed by atoms with Crippen LogP contribution in [0.25, 0.3) is 0 Å². The number of sulfone groups is 1. The normalized spacial score (nSPS) is 11.4. The van der Waals surface area contributed by atoms with E-state index in [9.17, 15) is 8.42 Å². The first-order valence-electron chi connectivity index (χ1n) is 8.12. The van der Waals surface area contributed by atoms with E-state index in [0.717, 1.165) is 11.3 Å². The SMILES string of the molecule is COc1ccc(Cc2nc(S(=O)(=O)c3ccc(Cl)cc3)c(N(C)C)o2)cc1. The van der Waals surface area contributed by atoms with Crippen molar-refractivity contribution in [1.29, 1.82) is 0 Å². The van der Waals surface area contributed by atoms with E-state index < -0.39 is 9.84 Å². The maximum Gasteiger partial charge on any atom is 0.235 e. The second-order valence-electron chi connectivity index (χ2n) is 6.09. The van der Waals surface area contributed by atoms with E-state index in [1.165, 1.54) is 24.3 Å². The van der Waals surface area contributed by atoms with Gasteiger partial charge in [0.25, 0.3) is 0 Å². The number of halogens is 1. The second-order valence-corrected chi connectivity index (χ2v) is 8.40. The summed E-state index contributed by atoms with van der Waals surface area (Å²) in [4.78, 5) is 5.98. The van der Waals surface area contributed by atoms with Crippen LogP contribution in [0, 0.1) is 0 Å². The standard InChI is InChI=1S/C19H19ClN2O4S/c1-22(2)19-18(27(23,24)16-10-6-14(20)7-11-16)21-17(26-19)12-13-4-8-15(25-3)9-5-13/h4-11H,12H2,1-3H3. The van der Waals surface area contributed by atoms with E-state index >= 15 is 0 Å². The minimum absolute atomic E-state index is 0.110. The third-order valence-electron chi connectivity index (χ3n) is 3.92. The van der Waals surface area contributed by atoms with Gasteiger partial charge in [0.2, 0.25) is 26.6 Å². The van der Waals surface area contributed by atoms with Crippen molar-refractivity contribution in [3.63, 3.8) is 0 Å². The summed E-state index contributed by atoms with van der Waals surface area (Å²) in [5, 5.41) is 0.348. The van der Waals surface area contributed by atoms with Gasteiger partial charge < -0.3 is 14.1 Å². The van der Waals surface area contributed by atoms with Crippen LogP contribution in [0.1, 0.15) is 11.5 Å². The maximum absolute atomic E-state index is 13.0. The highest BCUT2D eigenvalue weighted by atomic mass is 35.5. The van der Waals surface area contributed by atoms with Gasteiger partial charge in [-0.05, 0) is 42.0 Å². The summed E-state index contributed by atoms with van der Waals surface area (Å²) in [7, 11) is 1.17. The molecule has 8 heteroatoms. The van der Waals surface area contributed by atoms with Gasteiger partial charge in [-0.2, -0.15) is 4.98 Å². The van der Waals surface area contributed by atoms with Crippen molar-refractivity contribution in [2.45, 2.75) is 16.3 Å². The number of ether oxygens (including phenoxy) is 1. The lowest BCUT2D eigenvalue weighted by molar-refractivity contribution is 0.414. The van der Waals surface area contributed by atoms with Gasteiger partial charge in [-0.3, -0.25) is 0 Å². The molecule has 142 valence electrons. The lowest BCUT2D eigenvalue weighted by Gasteiger charge is -2.10. The van der Waals surface area contributed by atoms with Gasteiger partial charge in [0.15, 0.2) is 0 Å². The van der Waals surface area contributed by atoms with Crippen LogP contribution >= 0.6 is 11.6 Å². The molecule has 0 N–H and O–H groups in total. The van der Waals surface area contributed by atoms with E-state index in [4.69, 9.17) is 20.8 Å². The van der Waals surface area contributed by atoms with Gasteiger partial charge >= 0.3 is 0 Å². The molecule has 6 nitrogen and oxygen atoms in total. The summed E-state index contributed by atoms with van der Waals surface area (Å²) in [6, 6.07) is 13.4. The van der Waals surface area contributed by atoms with Gasteiger partial charge in [0.1, 0.15) is 5.75 Å². The zero-order valence-electron chi connectivity index (χ0n) is 15.1. The van der Waals surface area contributed by atoms with Gasteiger partial charge in [-0.1, -0.05) is 23.7 Å². The fourth-order valence-electron chi connectivity index (χ4n) is 2.52. The Labute approximate surface area is 163 Å². The fraction of sp³-hybridized carbons (Fsp3) is 0.211. The van der Waals surface area contributed by atoms with Crippen LogP contribution in [0.5, 0.6) is 5.75 Å². The Morgan fingerprint density at radius 1 is 1.07 bits per heavy atom. The van der Waals surface area contributed by atoms with E-state index in [1.54, 1.807) is 26.1 Å². The second kappa shape index (κ2) is 7.62. The number of hydrogen-bond acceptors (Lipinski definition) is 6. The number of methoxy groups -OCH3 is 1. The van der Waals surface area contributed by atoms with Crippen molar-refractivity contribution in [2.24, 2.45) is 0 Å². The zero-order chi connectivity index (χ0) is 19.6. The number of rotatable bonds is 6. The molecule has 0 saturated carbocycles. The molecule has 0 bridgehead atoms. The first kappa shape index (κ1) is 19.3. The zero-order valence-corrected chi connectivity index (χ0v) is 16.7. The Balaban J connectivity index is 1.98. The highest BCUT2D eigenvalue weighted by Crippen LogP contribution is 2.31. The molecule has 1 aromatic heterocycles. The molecular formula is C19H19ClN2O4S. The van der Waals surface area contributed by atoms with Gasteiger partial charge in [-0.15, -0.1) is 0 Å². The molecule has 0 amide bonds. The first-order chi connectivity index (χ1) is 12.8. The molecule has 1 heterocycles. The van der Waals surface area contributed by atoms with E-state index in [2.05, 4.69) is 4.98 Å².